The van der Waals surface area contributed by atoms with Crippen LogP contribution in [0.2, 0.25) is 5.02 Å². The van der Waals surface area contributed by atoms with Crippen LogP contribution < -0.4 is 0 Å². The van der Waals surface area contributed by atoms with Gasteiger partial charge in [0.1, 0.15) is 5.82 Å². The molecule has 3 fully saturated rings. The third kappa shape index (κ3) is 6.58. The fourth-order valence-electron chi connectivity index (χ4n) is 7.43. The molecule has 2 saturated heterocycles. The average Bonchev–Trinajstić information content (AvgIpc) is 3.44. The molecule has 5 rings (SSSR count). The van der Waals surface area contributed by atoms with Crippen LogP contribution in [0.1, 0.15) is 81.0 Å². The molecule has 0 aromatic heterocycles. The van der Waals surface area contributed by atoms with E-state index in [9.17, 15) is 9.18 Å². The highest BCUT2D eigenvalue weighted by Gasteiger charge is 2.42. The molecule has 1 unspecified atom stereocenters. The number of halogens is 2. The van der Waals surface area contributed by atoms with Crippen molar-refractivity contribution in [3.63, 3.8) is 0 Å². The van der Waals surface area contributed by atoms with Crippen molar-refractivity contribution in [2.75, 3.05) is 45.8 Å². The Morgan fingerprint density at radius 1 is 0.975 bits per heavy atom. The molecule has 1 amide bonds. The minimum atomic E-state index is -0.401. The molecule has 4 nitrogen and oxygen atoms in total. The van der Waals surface area contributed by atoms with Crippen LogP contribution in [0, 0.1) is 5.82 Å². The molecular weight excluding hydrogens is 521 g/mol. The van der Waals surface area contributed by atoms with Gasteiger partial charge >= 0.3 is 0 Å². The summed E-state index contributed by atoms with van der Waals surface area (Å²) in [6.45, 7) is 11.5. The molecule has 2 aliphatic heterocycles. The molecule has 6 heteroatoms. The second-order valence-corrected chi connectivity index (χ2v) is 12.7. The summed E-state index contributed by atoms with van der Waals surface area (Å²) in [5, 5.41) is 0.328. The summed E-state index contributed by atoms with van der Waals surface area (Å²) in [6, 6.07) is 12.5. The Morgan fingerprint density at radius 2 is 1.73 bits per heavy atom. The number of likely N-dealkylation sites (tertiary alicyclic amines) is 1. The second-order valence-electron chi connectivity index (χ2n) is 12.3. The van der Waals surface area contributed by atoms with Crippen molar-refractivity contribution >= 4 is 17.5 Å². The van der Waals surface area contributed by atoms with Crippen LogP contribution in [0.5, 0.6) is 0 Å². The lowest BCUT2D eigenvalue weighted by Crippen LogP contribution is -2.51. The predicted molar refractivity (Wildman–Crippen MR) is 163 cm³/mol. The highest BCUT2D eigenvalue weighted by molar-refractivity contribution is 6.31. The van der Waals surface area contributed by atoms with Gasteiger partial charge in [-0.15, -0.1) is 0 Å². The third-order valence-electron chi connectivity index (χ3n) is 10.1. The fourth-order valence-corrected chi connectivity index (χ4v) is 7.66. The zero-order chi connectivity index (χ0) is 28.1. The highest BCUT2D eigenvalue weighted by atomic mass is 35.5. The SMILES string of the molecule is CCc1ccc(C2(CCN3CCN(C4CCCCC4)CC3)CCN(C(=O)Cc3c(F)cccc3Cl)C2)cc1CC. The molecule has 0 N–H and O–H groups in total. The molecule has 0 radical (unpaired) electrons. The monoisotopic (exact) mass is 567 g/mol. The van der Waals surface area contributed by atoms with Gasteiger partial charge in [0.05, 0.1) is 6.42 Å². The Labute approximate surface area is 245 Å². The average molecular weight is 568 g/mol. The lowest BCUT2D eigenvalue weighted by Gasteiger charge is -2.42. The summed E-state index contributed by atoms with van der Waals surface area (Å²) >= 11 is 6.27. The maximum absolute atomic E-state index is 14.5. The van der Waals surface area contributed by atoms with Gasteiger partial charge < -0.3 is 9.80 Å². The maximum Gasteiger partial charge on any atom is 0.227 e. The Morgan fingerprint density at radius 3 is 2.42 bits per heavy atom. The summed E-state index contributed by atoms with van der Waals surface area (Å²) < 4.78 is 14.5. The smallest absolute Gasteiger partial charge is 0.227 e. The van der Waals surface area contributed by atoms with Crippen molar-refractivity contribution < 1.29 is 9.18 Å². The van der Waals surface area contributed by atoms with Crippen molar-refractivity contribution in [2.24, 2.45) is 0 Å². The van der Waals surface area contributed by atoms with Gasteiger partial charge in [-0.1, -0.05) is 69.0 Å². The number of hydrogen-bond donors (Lipinski definition) is 0. The van der Waals surface area contributed by atoms with E-state index in [1.54, 1.807) is 12.1 Å². The van der Waals surface area contributed by atoms with Gasteiger partial charge in [-0.2, -0.15) is 0 Å². The number of piperazine rings is 1. The minimum absolute atomic E-state index is 0.0136. The number of rotatable bonds is 9. The standard InChI is InChI=1S/C34H47ClFN3O/c1-3-26-13-14-28(23-27(26)4-2)34(15-17-37-19-21-38(22-20-37)29-9-6-5-7-10-29)16-18-39(25-34)33(40)24-30-31(35)11-8-12-32(30)36/h8,11-14,23,29H,3-7,9-10,15-22,24-25H2,1-2H3. The molecule has 3 aliphatic rings. The lowest BCUT2D eigenvalue weighted by atomic mass is 9.75. The summed E-state index contributed by atoms with van der Waals surface area (Å²) in [7, 11) is 0. The summed E-state index contributed by atoms with van der Waals surface area (Å²) in [4.78, 5) is 20.8. The number of benzene rings is 2. The molecule has 1 saturated carbocycles. The molecular formula is C34H47ClFN3O. The van der Waals surface area contributed by atoms with E-state index >= 15 is 0 Å². The largest absolute Gasteiger partial charge is 0.341 e. The minimum Gasteiger partial charge on any atom is -0.341 e. The lowest BCUT2D eigenvalue weighted by molar-refractivity contribution is -0.129. The third-order valence-corrected chi connectivity index (χ3v) is 10.4. The van der Waals surface area contributed by atoms with Gasteiger partial charge in [0, 0.05) is 61.3 Å². The van der Waals surface area contributed by atoms with Gasteiger partial charge in [-0.25, -0.2) is 4.39 Å². The van der Waals surface area contributed by atoms with Crippen LogP contribution in [0.3, 0.4) is 0 Å². The number of amides is 1. The van der Waals surface area contributed by atoms with Gasteiger partial charge in [-0.05, 0) is 73.9 Å². The molecule has 1 aliphatic carbocycles. The molecule has 218 valence electrons. The van der Waals surface area contributed by atoms with Crippen molar-refractivity contribution in [1.29, 1.82) is 0 Å². The normalized spacial score (nSPS) is 23.1. The molecule has 0 spiro atoms. The first-order valence-corrected chi connectivity index (χ1v) is 16.1. The van der Waals surface area contributed by atoms with E-state index in [1.807, 2.05) is 4.90 Å². The van der Waals surface area contributed by atoms with Gasteiger partial charge in [0.2, 0.25) is 5.91 Å². The van der Waals surface area contributed by atoms with E-state index in [2.05, 4.69) is 41.8 Å². The topological polar surface area (TPSA) is 26.8 Å². The molecule has 2 heterocycles. The van der Waals surface area contributed by atoms with Crippen molar-refractivity contribution in [3.05, 3.63) is 69.5 Å². The number of hydrogen-bond acceptors (Lipinski definition) is 3. The molecule has 0 bridgehead atoms. The first-order valence-electron chi connectivity index (χ1n) is 15.7. The molecule has 40 heavy (non-hydrogen) atoms. The van der Waals surface area contributed by atoms with Crippen molar-refractivity contribution in [3.8, 4) is 0 Å². The van der Waals surface area contributed by atoms with E-state index in [4.69, 9.17) is 11.6 Å². The fraction of sp³-hybridized carbons (Fsp3) is 0.618. The van der Waals surface area contributed by atoms with Crippen LogP contribution in [-0.4, -0.2) is 72.5 Å². The van der Waals surface area contributed by atoms with Crippen molar-refractivity contribution in [2.45, 2.75) is 89.5 Å². The zero-order valence-corrected chi connectivity index (χ0v) is 25.3. The Kier molecular flexibility index (Phi) is 9.86. The van der Waals surface area contributed by atoms with Gasteiger partial charge in [0.15, 0.2) is 0 Å². The first-order chi connectivity index (χ1) is 19.4. The quantitative estimate of drug-likeness (QED) is 0.339. The molecule has 1 atom stereocenters. The van der Waals surface area contributed by atoms with E-state index in [-0.39, 0.29) is 17.7 Å². The summed E-state index contributed by atoms with van der Waals surface area (Å²) in [6.07, 6.45) is 11.0. The van der Waals surface area contributed by atoms with Crippen molar-refractivity contribution in [1.82, 2.24) is 14.7 Å². The predicted octanol–water partition coefficient (Wildman–Crippen LogP) is 6.66. The van der Waals surface area contributed by atoms with E-state index in [1.165, 1.54) is 68.0 Å². The highest BCUT2D eigenvalue weighted by Crippen LogP contribution is 2.40. The second kappa shape index (κ2) is 13.4. The maximum atomic E-state index is 14.5. The first kappa shape index (κ1) is 29.5. The number of carbonyl (C=O) groups is 1. The molecule has 2 aromatic carbocycles. The Balaban J connectivity index is 1.29. The van der Waals surface area contributed by atoms with Crippen LogP contribution in [0.4, 0.5) is 4.39 Å². The van der Waals surface area contributed by atoms with Crippen LogP contribution >= 0.6 is 11.6 Å². The molecule has 2 aromatic rings. The van der Waals surface area contributed by atoms with Gasteiger partial charge in [0.25, 0.3) is 0 Å². The number of carbonyl (C=O) groups excluding carboxylic acids is 1. The van der Waals surface area contributed by atoms with Crippen LogP contribution in [0.25, 0.3) is 0 Å². The van der Waals surface area contributed by atoms with Crippen LogP contribution in [0.15, 0.2) is 36.4 Å². The van der Waals surface area contributed by atoms with Crippen LogP contribution in [-0.2, 0) is 29.5 Å². The Bertz CT molecular complexity index is 1140. The van der Waals surface area contributed by atoms with E-state index in [0.717, 1.165) is 51.4 Å². The number of nitrogens with zero attached hydrogens (tertiary/aromatic N) is 3. The number of aryl methyl sites for hydroxylation is 2. The summed E-state index contributed by atoms with van der Waals surface area (Å²) in [5.41, 5.74) is 4.43. The zero-order valence-electron chi connectivity index (χ0n) is 24.6. The summed E-state index contributed by atoms with van der Waals surface area (Å²) in [5.74, 6) is -0.433. The van der Waals surface area contributed by atoms with E-state index < -0.39 is 5.82 Å². The van der Waals surface area contributed by atoms with E-state index in [0.29, 0.717) is 23.7 Å². The Hall–Kier alpha value is -1.95. The van der Waals surface area contributed by atoms with Gasteiger partial charge in [-0.3, -0.25) is 9.69 Å².